The van der Waals surface area contributed by atoms with Crippen LogP contribution in [0.15, 0.2) is 29.4 Å². The molecule has 2 rings (SSSR count). The predicted octanol–water partition coefficient (Wildman–Crippen LogP) is 2.21. The number of rotatable bonds is 6. The van der Waals surface area contributed by atoms with Crippen LogP contribution >= 0.6 is 23.5 Å². The molecule has 5 nitrogen and oxygen atoms in total. The Labute approximate surface area is 114 Å². The zero-order valence-electron chi connectivity index (χ0n) is 9.98. The van der Waals surface area contributed by atoms with Crippen molar-refractivity contribution in [1.82, 2.24) is 20.2 Å². The van der Waals surface area contributed by atoms with Crippen molar-refractivity contribution < 1.29 is 5.11 Å². The van der Waals surface area contributed by atoms with Crippen molar-refractivity contribution in [1.29, 1.82) is 0 Å². The van der Waals surface area contributed by atoms with Crippen molar-refractivity contribution in [2.24, 2.45) is 0 Å². The minimum absolute atomic E-state index is 0.236. The van der Waals surface area contributed by atoms with E-state index >= 15 is 0 Å². The van der Waals surface area contributed by atoms with Crippen LogP contribution < -0.4 is 0 Å². The molecule has 0 fully saturated rings. The third kappa shape index (κ3) is 3.39. The number of benzene rings is 1. The summed E-state index contributed by atoms with van der Waals surface area (Å²) in [6.07, 6.45) is 0. The summed E-state index contributed by atoms with van der Waals surface area (Å²) in [7, 11) is 0. The molecular formula is C11H14N4OS2. The van der Waals surface area contributed by atoms with Crippen LogP contribution in [-0.4, -0.2) is 42.6 Å². The number of hydrogen-bond acceptors (Lipinski definition) is 6. The molecule has 0 saturated carbocycles. The molecule has 96 valence electrons. The number of aromatic nitrogens is 4. The Balaban J connectivity index is 2.05. The van der Waals surface area contributed by atoms with E-state index in [1.807, 2.05) is 11.8 Å². The molecular weight excluding hydrogens is 268 g/mol. The largest absolute Gasteiger partial charge is 0.508 e. The Kier molecular flexibility index (Phi) is 4.89. The van der Waals surface area contributed by atoms with Crippen LogP contribution in [0.3, 0.4) is 0 Å². The molecule has 1 aromatic carbocycles. The van der Waals surface area contributed by atoms with Crippen LogP contribution in [0.25, 0.3) is 5.69 Å². The van der Waals surface area contributed by atoms with E-state index in [-0.39, 0.29) is 5.75 Å². The lowest BCUT2D eigenvalue weighted by Gasteiger charge is -2.03. The zero-order chi connectivity index (χ0) is 12.8. The van der Waals surface area contributed by atoms with Gasteiger partial charge in [-0.15, -0.1) is 5.10 Å². The maximum atomic E-state index is 9.26. The number of aromatic hydroxyl groups is 1. The van der Waals surface area contributed by atoms with Crippen LogP contribution in [0.4, 0.5) is 0 Å². The van der Waals surface area contributed by atoms with E-state index in [0.717, 1.165) is 28.1 Å². The second kappa shape index (κ2) is 6.65. The highest BCUT2D eigenvalue weighted by atomic mass is 32.2. The molecule has 7 heteroatoms. The minimum Gasteiger partial charge on any atom is -0.508 e. The average Bonchev–Trinajstić information content (AvgIpc) is 2.84. The Morgan fingerprint density at radius 3 is 2.72 bits per heavy atom. The van der Waals surface area contributed by atoms with Crippen molar-refractivity contribution >= 4 is 23.5 Å². The van der Waals surface area contributed by atoms with Crippen LogP contribution in [-0.2, 0) is 0 Å². The van der Waals surface area contributed by atoms with Gasteiger partial charge < -0.3 is 5.11 Å². The maximum Gasteiger partial charge on any atom is 0.214 e. The second-order valence-corrected chi connectivity index (χ2v) is 5.89. The number of thioether (sulfide) groups is 2. The lowest BCUT2D eigenvalue weighted by atomic mass is 10.3. The van der Waals surface area contributed by atoms with Gasteiger partial charge in [0.15, 0.2) is 0 Å². The highest BCUT2D eigenvalue weighted by molar-refractivity contribution is 8.02. The van der Waals surface area contributed by atoms with Crippen molar-refractivity contribution in [2.45, 2.75) is 12.1 Å². The van der Waals surface area contributed by atoms with E-state index in [9.17, 15) is 5.11 Å². The first kappa shape index (κ1) is 13.2. The SMILES string of the molecule is CCSCCSc1nnnn1-c1ccc(O)cc1. The molecule has 0 aliphatic heterocycles. The minimum atomic E-state index is 0.236. The van der Waals surface area contributed by atoms with Crippen LogP contribution in [0, 0.1) is 0 Å². The van der Waals surface area contributed by atoms with E-state index in [4.69, 9.17) is 0 Å². The van der Waals surface area contributed by atoms with Gasteiger partial charge in [0.2, 0.25) is 5.16 Å². The molecule has 1 N–H and O–H groups in total. The molecule has 1 heterocycles. The molecule has 0 spiro atoms. The highest BCUT2D eigenvalue weighted by Crippen LogP contribution is 2.20. The van der Waals surface area contributed by atoms with Crippen molar-refractivity contribution in [2.75, 3.05) is 17.3 Å². The summed E-state index contributed by atoms with van der Waals surface area (Å²) in [6.45, 7) is 2.15. The predicted molar refractivity (Wildman–Crippen MR) is 74.5 cm³/mol. The van der Waals surface area contributed by atoms with Crippen LogP contribution in [0.5, 0.6) is 5.75 Å². The van der Waals surface area contributed by atoms with Gasteiger partial charge in [-0.25, -0.2) is 0 Å². The Morgan fingerprint density at radius 2 is 2.00 bits per heavy atom. The van der Waals surface area contributed by atoms with E-state index in [2.05, 4.69) is 22.4 Å². The third-order valence-corrected chi connectivity index (χ3v) is 4.28. The van der Waals surface area contributed by atoms with Crippen molar-refractivity contribution in [3.8, 4) is 11.4 Å². The molecule has 1 aromatic heterocycles. The Bertz CT molecular complexity index is 486. The normalized spacial score (nSPS) is 10.7. The summed E-state index contributed by atoms with van der Waals surface area (Å²) in [4.78, 5) is 0. The molecule has 0 amide bonds. The van der Waals surface area contributed by atoms with Gasteiger partial charge >= 0.3 is 0 Å². The summed E-state index contributed by atoms with van der Waals surface area (Å²) < 4.78 is 1.68. The quantitative estimate of drug-likeness (QED) is 0.647. The molecule has 0 aliphatic carbocycles. The Morgan fingerprint density at radius 1 is 1.22 bits per heavy atom. The molecule has 0 aliphatic rings. The third-order valence-electron chi connectivity index (χ3n) is 2.20. The molecule has 0 saturated heterocycles. The summed E-state index contributed by atoms with van der Waals surface area (Å²) in [6, 6.07) is 6.82. The summed E-state index contributed by atoms with van der Waals surface area (Å²) in [5.41, 5.74) is 0.850. The second-order valence-electron chi connectivity index (χ2n) is 3.44. The molecule has 18 heavy (non-hydrogen) atoms. The van der Waals surface area contributed by atoms with E-state index in [1.54, 1.807) is 40.7 Å². The highest BCUT2D eigenvalue weighted by Gasteiger charge is 2.08. The number of hydrogen-bond donors (Lipinski definition) is 1. The Hall–Kier alpha value is -1.21. The molecule has 2 aromatic rings. The standard InChI is InChI=1S/C11H14N4OS2/c1-2-17-7-8-18-11-12-13-14-15(11)9-3-5-10(16)6-4-9/h3-6,16H,2,7-8H2,1H3. The first-order valence-corrected chi connectivity index (χ1v) is 7.73. The van der Waals surface area contributed by atoms with Gasteiger partial charge in [0.1, 0.15) is 5.75 Å². The fraction of sp³-hybridized carbons (Fsp3) is 0.364. The lowest BCUT2D eigenvalue weighted by Crippen LogP contribution is -1.99. The molecule has 0 bridgehead atoms. The van der Waals surface area contributed by atoms with Gasteiger partial charge in [-0.1, -0.05) is 18.7 Å². The van der Waals surface area contributed by atoms with E-state index in [0.29, 0.717) is 0 Å². The average molecular weight is 282 g/mol. The summed E-state index contributed by atoms with van der Waals surface area (Å²) >= 11 is 3.54. The maximum absolute atomic E-state index is 9.26. The topological polar surface area (TPSA) is 63.8 Å². The van der Waals surface area contributed by atoms with Crippen molar-refractivity contribution in [3.63, 3.8) is 0 Å². The van der Waals surface area contributed by atoms with Gasteiger partial charge in [0, 0.05) is 11.5 Å². The molecule has 0 radical (unpaired) electrons. The van der Waals surface area contributed by atoms with Gasteiger partial charge in [-0.2, -0.15) is 16.4 Å². The number of tetrazole rings is 1. The van der Waals surface area contributed by atoms with Gasteiger partial charge in [0.25, 0.3) is 0 Å². The molecule has 0 unspecified atom stereocenters. The van der Waals surface area contributed by atoms with Crippen LogP contribution in [0.1, 0.15) is 6.92 Å². The van der Waals surface area contributed by atoms with E-state index < -0.39 is 0 Å². The number of nitrogens with zero attached hydrogens (tertiary/aromatic N) is 4. The van der Waals surface area contributed by atoms with Gasteiger partial charge in [0.05, 0.1) is 5.69 Å². The summed E-state index contributed by atoms with van der Waals surface area (Å²) in [5.74, 6) is 3.43. The van der Waals surface area contributed by atoms with Gasteiger partial charge in [-0.05, 0) is 40.4 Å². The fourth-order valence-electron chi connectivity index (χ4n) is 1.36. The van der Waals surface area contributed by atoms with Gasteiger partial charge in [-0.3, -0.25) is 0 Å². The fourth-order valence-corrected chi connectivity index (χ4v) is 3.00. The smallest absolute Gasteiger partial charge is 0.214 e. The summed E-state index contributed by atoms with van der Waals surface area (Å²) in [5, 5.41) is 21.7. The lowest BCUT2D eigenvalue weighted by molar-refractivity contribution is 0.475. The zero-order valence-corrected chi connectivity index (χ0v) is 11.6. The number of phenols is 1. The number of phenolic OH excluding ortho intramolecular Hbond substituents is 1. The van der Waals surface area contributed by atoms with Crippen molar-refractivity contribution in [3.05, 3.63) is 24.3 Å². The van der Waals surface area contributed by atoms with E-state index in [1.165, 1.54) is 0 Å². The van der Waals surface area contributed by atoms with Crippen LogP contribution in [0.2, 0.25) is 0 Å². The monoisotopic (exact) mass is 282 g/mol. The molecule has 0 atom stereocenters. The first-order valence-electron chi connectivity index (χ1n) is 5.59. The first-order chi connectivity index (χ1) is 8.81.